The van der Waals surface area contributed by atoms with E-state index in [-0.39, 0.29) is 30.5 Å². The highest BCUT2D eigenvalue weighted by Gasteiger charge is 2.17. The van der Waals surface area contributed by atoms with Crippen LogP contribution in [-0.2, 0) is 9.53 Å². The second kappa shape index (κ2) is 8.99. The van der Waals surface area contributed by atoms with Crippen molar-refractivity contribution in [3.05, 3.63) is 35.6 Å². The number of nitrogens with one attached hydrogen (secondary N) is 1. The molecule has 4 nitrogen and oxygen atoms in total. The van der Waals surface area contributed by atoms with Gasteiger partial charge >= 0.3 is 0 Å². The average molecular weight is 323 g/mol. The van der Waals surface area contributed by atoms with E-state index in [9.17, 15) is 14.3 Å². The number of hydrogen-bond acceptors (Lipinski definition) is 3. The standard InChI is InChI=1S/C18H26FNO3/c1-13(11-17(21)14-7-9-15(19)10-8-14)20-18(22)12-23-16-5-3-2-4-6-16/h7-10,13,16-17,21H,2-6,11-12H2,1H3,(H,20,22). The first-order chi connectivity index (χ1) is 11.0. The Balaban J connectivity index is 1.69. The van der Waals surface area contributed by atoms with Gasteiger partial charge in [0.2, 0.25) is 5.91 Å². The van der Waals surface area contributed by atoms with E-state index in [1.807, 2.05) is 6.92 Å². The summed E-state index contributed by atoms with van der Waals surface area (Å²) < 4.78 is 18.5. The van der Waals surface area contributed by atoms with Crippen LogP contribution in [0, 0.1) is 5.82 Å². The maximum Gasteiger partial charge on any atom is 0.246 e. The summed E-state index contributed by atoms with van der Waals surface area (Å²) in [4.78, 5) is 11.9. The highest BCUT2D eigenvalue weighted by molar-refractivity contribution is 5.77. The van der Waals surface area contributed by atoms with E-state index < -0.39 is 6.10 Å². The Labute approximate surface area is 137 Å². The van der Waals surface area contributed by atoms with Gasteiger partial charge in [0.1, 0.15) is 12.4 Å². The number of amides is 1. The van der Waals surface area contributed by atoms with Crippen molar-refractivity contribution >= 4 is 5.91 Å². The van der Waals surface area contributed by atoms with Gasteiger partial charge in [-0.1, -0.05) is 31.4 Å². The molecule has 1 aromatic rings. The van der Waals surface area contributed by atoms with Crippen LogP contribution in [-0.4, -0.2) is 29.8 Å². The van der Waals surface area contributed by atoms with Crippen molar-refractivity contribution in [2.24, 2.45) is 0 Å². The van der Waals surface area contributed by atoms with Crippen LogP contribution in [0.15, 0.2) is 24.3 Å². The molecule has 0 bridgehead atoms. The first-order valence-electron chi connectivity index (χ1n) is 8.39. The molecule has 0 spiro atoms. The summed E-state index contributed by atoms with van der Waals surface area (Å²) in [5, 5.41) is 13.0. The van der Waals surface area contributed by atoms with Gasteiger partial charge in [0.05, 0.1) is 12.2 Å². The Morgan fingerprint density at radius 1 is 1.30 bits per heavy atom. The van der Waals surface area contributed by atoms with Gasteiger partial charge in [-0.3, -0.25) is 4.79 Å². The minimum atomic E-state index is -0.731. The molecule has 0 aromatic heterocycles. The molecule has 5 heteroatoms. The van der Waals surface area contributed by atoms with Crippen molar-refractivity contribution in [1.29, 1.82) is 0 Å². The van der Waals surface area contributed by atoms with Crippen molar-refractivity contribution in [2.45, 2.75) is 63.7 Å². The maximum absolute atomic E-state index is 12.9. The van der Waals surface area contributed by atoms with Gasteiger partial charge in [0.25, 0.3) is 0 Å². The zero-order valence-electron chi connectivity index (χ0n) is 13.6. The predicted octanol–water partition coefficient (Wildman–Crippen LogP) is 3.10. The van der Waals surface area contributed by atoms with Crippen LogP contribution in [0.25, 0.3) is 0 Å². The minimum Gasteiger partial charge on any atom is -0.388 e. The molecule has 23 heavy (non-hydrogen) atoms. The van der Waals surface area contributed by atoms with Gasteiger partial charge in [-0.15, -0.1) is 0 Å². The molecule has 0 aliphatic heterocycles. The van der Waals surface area contributed by atoms with Gasteiger partial charge in [-0.25, -0.2) is 4.39 Å². The monoisotopic (exact) mass is 323 g/mol. The quantitative estimate of drug-likeness (QED) is 0.810. The first kappa shape index (κ1) is 17.9. The summed E-state index contributed by atoms with van der Waals surface area (Å²) in [7, 11) is 0. The van der Waals surface area contributed by atoms with Crippen molar-refractivity contribution in [3.63, 3.8) is 0 Å². The molecule has 1 aliphatic rings. The van der Waals surface area contributed by atoms with E-state index in [2.05, 4.69) is 5.32 Å². The average Bonchev–Trinajstić information content (AvgIpc) is 2.54. The predicted molar refractivity (Wildman–Crippen MR) is 86.4 cm³/mol. The number of benzene rings is 1. The molecular formula is C18H26FNO3. The van der Waals surface area contributed by atoms with Crippen molar-refractivity contribution < 1.29 is 19.0 Å². The smallest absolute Gasteiger partial charge is 0.246 e. The molecule has 1 aliphatic carbocycles. The molecule has 0 saturated heterocycles. The summed E-state index contributed by atoms with van der Waals surface area (Å²) in [5.41, 5.74) is 0.644. The van der Waals surface area contributed by atoms with Crippen LogP contribution >= 0.6 is 0 Å². The maximum atomic E-state index is 12.9. The second-order valence-electron chi connectivity index (χ2n) is 6.34. The number of aliphatic hydroxyl groups excluding tert-OH is 1. The molecule has 2 N–H and O–H groups in total. The molecule has 0 radical (unpaired) electrons. The van der Waals surface area contributed by atoms with Crippen LogP contribution < -0.4 is 5.32 Å². The fraction of sp³-hybridized carbons (Fsp3) is 0.611. The zero-order valence-corrected chi connectivity index (χ0v) is 13.6. The number of aliphatic hydroxyl groups is 1. The third kappa shape index (κ3) is 6.28. The first-order valence-corrected chi connectivity index (χ1v) is 8.39. The number of ether oxygens (including phenoxy) is 1. The van der Waals surface area contributed by atoms with Gasteiger partial charge in [-0.05, 0) is 43.9 Å². The molecule has 0 heterocycles. The van der Waals surface area contributed by atoms with Gasteiger partial charge in [0.15, 0.2) is 0 Å². The van der Waals surface area contributed by atoms with Crippen LogP contribution in [0.4, 0.5) is 4.39 Å². The largest absolute Gasteiger partial charge is 0.388 e. The highest BCUT2D eigenvalue weighted by atomic mass is 19.1. The highest BCUT2D eigenvalue weighted by Crippen LogP contribution is 2.20. The normalized spacial score (nSPS) is 18.4. The lowest BCUT2D eigenvalue weighted by Crippen LogP contribution is -2.37. The second-order valence-corrected chi connectivity index (χ2v) is 6.34. The van der Waals surface area contributed by atoms with E-state index >= 15 is 0 Å². The van der Waals surface area contributed by atoms with E-state index in [1.165, 1.54) is 31.4 Å². The van der Waals surface area contributed by atoms with Crippen LogP contribution in [0.1, 0.15) is 57.1 Å². The molecule has 1 fully saturated rings. The fourth-order valence-corrected chi connectivity index (χ4v) is 2.96. The Kier molecular flexibility index (Phi) is 6.99. The number of rotatable bonds is 7. The molecule has 2 rings (SSSR count). The minimum absolute atomic E-state index is 0.0711. The Morgan fingerprint density at radius 2 is 1.96 bits per heavy atom. The van der Waals surface area contributed by atoms with Crippen molar-refractivity contribution in [2.75, 3.05) is 6.61 Å². The summed E-state index contributed by atoms with van der Waals surface area (Å²) >= 11 is 0. The van der Waals surface area contributed by atoms with Crippen LogP contribution in [0.5, 0.6) is 0 Å². The Morgan fingerprint density at radius 3 is 2.61 bits per heavy atom. The summed E-state index contributed by atoms with van der Waals surface area (Å²) in [6.45, 7) is 1.91. The van der Waals surface area contributed by atoms with Gasteiger partial charge in [0, 0.05) is 6.04 Å². The van der Waals surface area contributed by atoms with Gasteiger partial charge < -0.3 is 15.2 Å². The molecule has 2 atom stereocenters. The number of hydrogen-bond donors (Lipinski definition) is 2. The number of carbonyl (C=O) groups excluding carboxylic acids is 1. The van der Waals surface area contributed by atoms with Crippen molar-refractivity contribution in [1.82, 2.24) is 5.32 Å². The lowest BCUT2D eigenvalue weighted by Gasteiger charge is -2.23. The lowest BCUT2D eigenvalue weighted by atomic mass is 9.98. The lowest BCUT2D eigenvalue weighted by molar-refractivity contribution is -0.129. The SMILES string of the molecule is CC(CC(O)c1ccc(F)cc1)NC(=O)COC1CCCCC1. The molecule has 128 valence electrons. The van der Waals surface area contributed by atoms with E-state index in [4.69, 9.17) is 4.74 Å². The van der Waals surface area contributed by atoms with E-state index in [0.29, 0.717) is 12.0 Å². The third-order valence-electron chi connectivity index (χ3n) is 4.24. The zero-order chi connectivity index (χ0) is 16.7. The molecule has 2 unspecified atom stereocenters. The topological polar surface area (TPSA) is 58.6 Å². The molecular weight excluding hydrogens is 297 g/mol. The number of halogens is 1. The van der Waals surface area contributed by atoms with E-state index in [0.717, 1.165) is 12.8 Å². The Bertz CT molecular complexity index is 486. The van der Waals surface area contributed by atoms with Gasteiger partial charge in [-0.2, -0.15) is 0 Å². The Hall–Kier alpha value is -1.46. The fourth-order valence-electron chi connectivity index (χ4n) is 2.96. The molecule has 1 amide bonds. The summed E-state index contributed by atoms with van der Waals surface area (Å²) in [6.07, 6.45) is 5.52. The third-order valence-corrected chi connectivity index (χ3v) is 4.24. The van der Waals surface area contributed by atoms with E-state index in [1.54, 1.807) is 12.1 Å². The summed E-state index contributed by atoms with van der Waals surface area (Å²) in [5.74, 6) is -0.489. The number of carbonyl (C=O) groups is 1. The van der Waals surface area contributed by atoms with Crippen LogP contribution in [0.2, 0.25) is 0 Å². The molecule has 1 saturated carbocycles. The molecule has 1 aromatic carbocycles. The summed E-state index contributed by atoms with van der Waals surface area (Å²) in [6, 6.07) is 5.57. The van der Waals surface area contributed by atoms with Crippen LogP contribution in [0.3, 0.4) is 0 Å². The van der Waals surface area contributed by atoms with Crippen molar-refractivity contribution in [3.8, 4) is 0 Å².